The number of carbonyl (C=O) groups is 1. The molecule has 0 bridgehead atoms. The highest BCUT2D eigenvalue weighted by Crippen LogP contribution is 2.18. The van der Waals surface area contributed by atoms with Crippen molar-refractivity contribution in [3.63, 3.8) is 0 Å². The van der Waals surface area contributed by atoms with Gasteiger partial charge in [-0.2, -0.15) is 0 Å². The van der Waals surface area contributed by atoms with Gasteiger partial charge in [-0.1, -0.05) is 38.1 Å². The van der Waals surface area contributed by atoms with Gasteiger partial charge in [-0.15, -0.1) is 0 Å². The van der Waals surface area contributed by atoms with E-state index in [2.05, 4.69) is 18.6 Å². The number of aliphatic hydroxyl groups is 1. The summed E-state index contributed by atoms with van der Waals surface area (Å²) in [4.78, 5) is 11.0. The van der Waals surface area contributed by atoms with Crippen molar-refractivity contribution in [3.05, 3.63) is 35.4 Å². The fourth-order valence-electron chi connectivity index (χ4n) is 1.71. The summed E-state index contributed by atoms with van der Waals surface area (Å²) in [5, 5.41) is 9.79. The molecule has 1 rings (SSSR count). The molecule has 0 saturated heterocycles. The van der Waals surface area contributed by atoms with Gasteiger partial charge in [-0.3, -0.25) is 4.79 Å². The minimum absolute atomic E-state index is 0.0000270. The summed E-state index contributed by atoms with van der Waals surface area (Å²) in [5.74, 6) is 0.213. The van der Waals surface area contributed by atoms with Crippen LogP contribution >= 0.6 is 0 Å². The summed E-state index contributed by atoms with van der Waals surface area (Å²) in [5.41, 5.74) is 2.00. The number of methoxy groups -OCH3 is 1. The van der Waals surface area contributed by atoms with E-state index in [-0.39, 0.29) is 6.42 Å². The van der Waals surface area contributed by atoms with Gasteiger partial charge in [0.15, 0.2) is 0 Å². The summed E-state index contributed by atoms with van der Waals surface area (Å²) in [6, 6.07) is 7.72. The van der Waals surface area contributed by atoms with Crippen LogP contribution in [0.3, 0.4) is 0 Å². The summed E-state index contributed by atoms with van der Waals surface area (Å²) in [6.07, 6.45) is 0.239. The van der Waals surface area contributed by atoms with Crippen LogP contribution in [0.15, 0.2) is 24.3 Å². The first-order chi connectivity index (χ1) is 8.02. The SMILES string of the molecule is COC(=O)CC(O)c1ccc(CC(C)C)cc1. The maximum atomic E-state index is 11.0. The number of carbonyl (C=O) groups excluding carboxylic acids is 1. The molecule has 0 aliphatic rings. The third-order valence-electron chi connectivity index (χ3n) is 2.60. The van der Waals surface area contributed by atoms with Gasteiger partial charge in [0.25, 0.3) is 0 Å². The molecule has 3 nitrogen and oxygen atoms in total. The Kier molecular flexibility index (Phi) is 5.16. The first kappa shape index (κ1) is 13.7. The molecule has 0 saturated carbocycles. The Morgan fingerprint density at radius 3 is 2.35 bits per heavy atom. The number of aliphatic hydroxyl groups excluding tert-OH is 1. The lowest BCUT2D eigenvalue weighted by molar-refractivity contribution is -0.142. The highest BCUT2D eigenvalue weighted by molar-refractivity contribution is 5.70. The van der Waals surface area contributed by atoms with Crippen LogP contribution in [0, 0.1) is 5.92 Å². The number of ether oxygens (including phenoxy) is 1. The van der Waals surface area contributed by atoms with Gasteiger partial charge in [-0.05, 0) is 23.5 Å². The summed E-state index contributed by atoms with van der Waals surface area (Å²) < 4.78 is 4.52. The van der Waals surface area contributed by atoms with Gasteiger partial charge in [0, 0.05) is 0 Å². The van der Waals surface area contributed by atoms with E-state index in [9.17, 15) is 9.90 Å². The molecule has 1 N–H and O–H groups in total. The van der Waals surface area contributed by atoms with Crippen LogP contribution in [-0.2, 0) is 16.0 Å². The average molecular weight is 236 g/mol. The van der Waals surface area contributed by atoms with Crippen molar-refractivity contribution >= 4 is 5.97 Å². The maximum Gasteiger partial charge on any atom is 0.308 e. The van der Waals surface area contributed by atoms with E-state index in [4.69, 9.17) is 0 Å². The van der Waals surface area contributed by atoms with Crippen LogP contribution in [0.2, 0.25) is 0 Å². The smallest absolute Gasteiger partial charge is 0.308 e. The van der Waals surface area contributed by atoms with Crippen molar-refractivity contribution in [2.75, 3.05) is 7.11 Å². The van der Waals surface area contributed by atoms with Gasteiger partial charge >= 0.3 is 5.97 Å². The Balaban J connectivity index is 2.63. The first-order valence-electron chi connectivity index (χ1n) is 5.86. The predicted molar refractivity (Wildman–Crippen MR) is 66.6 cm³/mol. The molecule has 94 valence electrons. The molecular formula is C14H20O3. The Morgan fingerprint density at radius 1 is 1.29 bits per heavy atom. The molecule has 0 amide bonds. The number of esters is 1. The Hall–Kier alpha value is -1.35. The second kappa shape index (κ2) is 6.40. The molecule has 17 heavy (non-hydrogen) atoms. The normalized spacial score (nSPS) is 12.5. The van der Waals surface area contributed by atoms with E-state index in [0.29, 0.717) is 5.92 Å². The van der Waals surface area contributed by atoms with Crippen LogP contribution < -0.4 is 0 Å². The third kappa shape index (κ3) is 4.57. The maximum absolute atomic E-state index is 11.0. The van der Waals surface area contributed by atoms with Crippen molar-refractivity contribution in [1.29, 1.82) is 0 Å². The van der Waals surface area contributed by atoms with E-state index in [1.165, 1.54) is 12.7 Å². The topological polar surface area (TPSA) is 46.5 Å². The minimum atomic E-state index is -0.782. The second-order valence-corrected chi connectivity index (χ2v) is 4.64. The summed E-state index contributed by atoms with van der Waals surface area (Å²) in [6.45, 7) is 4.33. The number of hydrogen-bond donors (Lipinski definition) is 1. The van der Waals surface area contributed by atoms with E-state index in [1.807, 2.05) is 24.3 Å². The van der Waals surface area contributed by atoms with Crippen molar-refractivity contribution in [2.24, 2.45) is 5.92 Å². The predicted octanol–water partition coefficient (Wildman–Crippen LogP) is 2.48. The molecule has 0 aromatic heterocycles. The Bertz CT molecular complexity index is 354. The lowest BCUT2D eigenvalue weighted by Gasteiger charge is -2.11. The summed E-state index contributed by atoms with van der Waals surface area (Å²) >= 11 is 0. The van der Waals surface area contributed by atoms with Crippen molar-refractivity contribution in [3.8, 4) is 0 Å². The quantitative estimate of drug-likeness (QED) is 0.799. The highest BCUT2D eigenvalue weighted by atomic mass is 16.5. The molecular weight excluding hydrogens is 216 g/mol. The molecule has 1 aromatic carbocycles. The third-order valence-corrected chi connectivity index (χ3v) is 2.60. The second-order valence-electron chi connectivity index (χ2n) is 4.64. The molecule has 0 spiro atoms. The van der Waals surface area contributed by atoms with E-state index in [0.717, 1.165) is 12.0 Å². The number of rotatable bonds is 5. The molecule has 0 aliphatic carbocycles. The standard InChI is InChI=1S/C14H20O3/c1-10(2)8-11-4-6-12(7-5-11)13(15)9-14(16)17-3/h4-7,10,13,15H,8-9H2,1-3H3. The molecule has 0 radical (unpaired) electrons. The van der Waals surface area contributed by atoms with E-state index in [1.54, 1.807) is 0 Å². The fourth-order valence-corrected chi connectivity index (χ4v) is 1.71. The van der Waals surface area contributed by atoms with Crippen LogP contribution in [0.1, 0.15) is 37.5 Å². The molecule has 0 fully saturated rings. The Morgan fingerprint density at radius 2 is 1.88 bits per heavy atom. The minimum Gasteiger partial charge on any atom is -0.469 e. The highest BCUT2D eigenvalue weighted by Gasteiger charge is 2.13. The van der Waals surface area contributed by atoms with Gasteiger partial charge in [0.2, 0.25) is 0 Å². The Labute approximate surface area is 102 Å². The van der Waals surface area contributed by atoms with Gasteiger partial charge < -0.3 is 9.84 Å². The van der Waals surface area contributed by atoms with E-state index >= 15 is 0 Å². The van der Waals surface area contributed by atoms with Crippen molar-refractivity contribution in [2.45, 2.75) is 32.8 Å². The van der Waals surface area contributed by atoms with Gasteiger partial charge in [0.1, 0.15) is 0 Å². The van der Waals surface area contributed by atoms with Crippen LogP contribution in [0.5, 0.6) is 0 Å². The molecule has 0 heterocycles. The number of hydrogen-bond acceptors (Lipinski definition) is 3. The van der Waals surface area contributed by atoms with E-state index < -0.39 is 12.1 Å². The van der Waals surface area contributed by atoms with Crippen LogP contribution in [0.25, 0.3) is 0 Å². The molecule has 0 aliphatic heterocycles. The fraction of sp³-hybridized carbons (Fsp3) is 0.500. The van der Waals surface area contributed by atoms with Crippen molar-refractivity contribution < 1.29 is 14.6 Å². The van der Waals surface area contributed by atoms with Gasteiger partial charge in [0.05, 0.1) is 19.6 Å². The molecule has 3 heteroatoms. The summed E-state index contributed by atoms with van der Waals surface area (Å²) in [7, 11) is 1.32. The van der Waals surface area contributed by atoms with Crippen LogP contribution in [-0.4, -0.2) is 18.2 Å². The number of benzene rings is 1. The zero-order valence-electron chi connectivity index (χ0n) is 10.6. The lowest BCUT2D eigenvalue weighted by Crippen LogP contribution is -2.08. The zero-order chi connectivity index (χ0) is 12.8. The zero-order valence-corrected chi connectivity index (χ0v) is 10.6. The van der Waals surface area contributed by atoms with Crippen LogP contribution in [0.4, 0.5) is 0 Å². The van der Waals surface area contributed by atoms with Crippen molar-refractivity contribution in [1.82, 2.24) is 0 Å². The molecule has 1 aromatic rings. The molecule has 1 unspecified atom stereocenters. The largest absolute Gasteiger partial charge is 0.469 e. The van der Waals surface area contributed by atoms with Gasteiger partial charge in [-0.25, -0.2) is 0 Å². The molecule has 1 atom stereocenters. The first-order valence-corrected chi connectivity index (χ1v) is 5.86. The average Bonchev–Trinajstić information content (AvgIpc) is 2.28. The monoisotopic (exact) mass is 236 g/mol. The lowest BCUT2D eigenvalue weighted by atomic mass is 9.99.